The van der Waals surface area contributed by atoms with E-state index in [1.165, 1.54) is 29.9 Å². The molecule has 0 amide bonds. The molecule has 4 heteroatoms. The van der Waals surface area contributed by atoms with Crippen LogP contribution >= 0.6 is 11.5 Å². The largest absolute Gasteiger partial charge is 0.358 e. The molecule has 19 heavy (non-hydrogen) atoms. The third kappa shape index (κ3) is 3.53. The van der Waals surface area contributed by atoms with Gasteiger partial charge in [0.25, 0.3) is 0 Å². The van der Waals surface area contributed by atoms with Gasteiger partial charge in [-0.2, -0.15) is 4.37 Å². The lowest BCUT2D eigenvalue weighted by atomic mass is 10.1. The highest BCUT2D eigenvalue weighted by Gasteiger charge is 2.27. The molecule has 0 spiro atoms. The van der Waals surface area contributed by atoms with Crippen LogP contribution in [-0.2, 0) is 6.42 Å². The van der Waals surface area contributed by atoms with Gasteiger partial charge < -0.3 is 5.32 Å². The smallest absolute Gasteiger partial charge is 0.202 e. The van der Waals surface area contributed by atoms with Crippen molar-refractivity contribution in [3.63, 3.8) is 0 Å². The monoisotopic (exact) mass is 273 g/mol. The fraction of sp³-hybridized carbons (Fsp3) is 0.467. The molecule has 100 valence electrons. The predicted molar refractivity (Wildman–Crippen MR) is 79.7 cm³/mol. The molecule has 0 aliphatic heterocycles. The summed E-state index contributed by atoms with van der Waals surface area (Å²) in [4.78, 5) is 4.56. The normalized spacial score (nSPS) is 16.3. The molecular formula is C15H19N3S. The van der Waals surface area contributed by atoms with Crippen molar-refractivity contribution in [3.8, 4) is 0 Å². The van der Waals surface area contributed by atoms with Crippen LogP contribution in [0, 0.1) is 0 Å². The number of rotatable bonds is 6. The molecule has 1 aromatic carbocycles. The van der Waals surface area contributed by atoms with Crippen LogP contribution < -0.4 is 5.32 Å². The maximum atomic E-state index is 4.56. The van der Waals surface area contributed by atoms with Gasteiger partial charge in [0.1, 0.15) is 5.82 Å². The van der Waals surface area contributed by atoms with Crippen LogP contribution in [0.4, 0.5) is 5.13 Å². The fourth-order valence-corrected chi connectivity index (χ4v) is 2.87. The van der Waals surface area contributed by atoms with E-state index in [0.717, 1.165) is 23.8 Å². The Labute approximate surface area is 118 Å². The first-order valence-electron chi connectivity index (χ1n) is 6.95. The van der Waals surface area contributed by atoms with Crippen molar-refractivity contribution in [2.24, 2.45) is 0 Å². The zero-order chi connectivity index (χ0) is 13.1. The standard InChI is InChI=1S/C15H19N3S/c1-11(7-8-12-5-3-2-4-6-12)16-15-17-14(18-19-15)13-9-10-13/h2-6,11,13H,7-10H2,1H3,(H,16,17,18). The van der Waals surface area contributed by atoms with E-state index in [1.54, 1.807) is 0 Å². The minimum atomic E-state index is 0.431. The second-order valence-electron chi connectivity index (χ2n) is 5.30. The Morgan fingerprint density at radius 3 is 2.84 bits per heavy atom. The first-order valence-corrected chi connectivity index (χ1v) is 7.72. The molecule has 0 bridgehead atoms. The van der Waals surface area contributed by atoms with Crippen LogP contribution in [0.1, 0.15) is 43.5 Å². The second-order valence-corrected chi connectivity index (χ2v) is 6.05. The van der Waals surface area contributed by atoms with Gasteiger partial charge in [0, 0.05) is 23.5 Å². The van der Waals surface area contributed by atoms with Gasteiger partial charge in [-0.25, -0.2) is 4.98 Å². The molecule has 1 unspecified atom stereocenters. The van der Waals surface area contributed by atoms with Crippen LogP contribution in [-0.4, -0.2) is 15.4 Å². The average Bonchev–Trinajstić information content (AvgIpc) is 3.19. The summed E-state index contributed by atoms with van der Waals surface area (Å²) in [5.74, 6) is 1.69. The molecule has 3 nitrogen and oxygen atoms in total. The Bertz CT molecular complexity index is 519. The van der Waals surface area contributed by atoms with Crippen molar-refractivity contribution in [2.45, 2.75) is 44.6 Å². The van der Waals surface area contributed by atoms with Gasteiger partial charge in [-0.05, 0) is 38.2 Å². The highest BCUT2D eigenvalue weighted by Crippen LogP contribution is 2.39. The van der Waals surface area contributed by atoms with E-state index < -0.39 is 0 Å². The number of aromatic nitrogens is 2. The summed E-state index contributed by atoms with van der Waals surface area (Å²) >= 11 is 1.50. The molecule has 1 atom stereocenters. The second kappa shape index (κ2) is 5.70. The van der Waals surface area contributed by atoms with E-state index in [1.807, 2.05) is 0 Å². The number of nitrogens with zero attached hydrogens (tertiary/aromatic N) is 2. The van der Waals surface area contributed by atoms with E-state index in [9.17, 15) is 0 Å². The lowest BCUT2D eigenvalue weighted by Crippen LogP contribution is -2.15. The van der Waals surface area contributed by atoms with Gasteiger partial charge in [0.2, 0.25) is 5.13 Å². The van der Waals surface area contributed by atoms with E-state index in [4.69, 9.17) is 0 Å². The highest BCUT2D eigenvalue weighted by atomic mass is 32.1. The lowest BCUT2D eigenvalue weighted by molar-refractivity contribution is 0.705. The molecule has 2 aromatic rings. The van der Waals surface area contributed by atoms with Crippen molar-refractivity contribution in [1.29, 1.82) is 0 Å². The van der Waals surface area contributed by atoms with Gasteiger partial charge in [-0.3, -0.25) is 0 Å². The molecule has 1 aliphatic rings. The Kier molecular flexibility index (Phi) is 3.78. The summed E-state index contributed by atoms with van der Waals surface area (Å²) in [6, 6.07) is 11.1. The summed E-state index contributed by atoms with van der Waals surface area (Å²) in [5, 5.41) is 4.43. The molecule has 1 aromatic heterocycles. The molecule has 1 saturated carbocycles. The summed E-state index contributed by atoms with van der Waals surface area (Å²) in [7, 11) is 0. The number of nitrogens with one attached hydrogen (secondary N) is 1. The number of benzene rings is 1. The Morgan fingerprint density at radius 2 is 2.11 bits per heavy atom. The highest BCUT2D eigenvalue weighted by molar-refractivity contribution is 7.09. The molecule has 1 N–H and O–H groups in total. The lowest BCUT2D eigenvalue weighted by Gasteiger charge is -2.12. The summed E-state index contributed by atoms with van der Waals surface area (Å²) < 4.78 is 4.42. The third-order valence-corrected chi connectivity index (χ3v) is 4.12. The SMILES string of the molecule is CC(CCc1ccccc1)Nc1nc(C2CC2)ns1. The number of hydrogen-bond donors (Lipinski definition) is 1. The first-order chi connectivity index (χ1) is 9.31. The molecule has 1 fully saturated rings. The van der Waals surface area contributed by atoms with E-state index in [-0.39, 0.29) is 0 Å². The predicted octanol–water partition coefficient (Wildman–Crippen LogP) is 3.85. The summed E-state index contributed by atoms with van der Waals surface area (Å²) in [5.41, 5.74) is 1.40. The average molecular weight is 273 g/mol. The van der Waals surface area contributed by atoms with Crippen LogP contribution in [0.25, 0.3) is 0 Å². The maximum absolute atomic E-state index is 4.56. The van der Waals surface area contributed by atoms with Crippen molar-refractivity contribution >= 4 is 16.7 Å². The van der Waals surface area contributed by atoms with Crippen molar-refractivity contribution < 1.29 is 0 Å². The number of aryl methyl sites for hydroxylation is 1. The Hall–Kier alpha value is -1.42. The van der Waals surface area contributed by atoms with E-state index in [2.05, 4.69) is 51.9 Å². The number of anilines is 1. The van der Waals surface area contributed by atoms with Gasteiger partial charge >= 0.3 is 0 Å². The maximum Gasteiger partial charge on any atom is 0.202 e. The fourth-order valence-electron chi connectivity index (χ4n) is 2.11. The van der Waals surface area contributed by atoms with E-state index >= 15 is 0 Å². The first kappa shape index (κ1) is 12.6. The number of hydrogen-bond acceptors (Lipinski definition) is 4. The summed E-state index contributed by atoms with van der Waals surface area (Å²) in [6.07, 6.45) is 4.74. The zero-order valence-electron chi connectivity index (χ0n) is 11.2. The molecule has 0 radical (unpaired) electrons. The minimum Gasteiger partial charge on any atom is -0.358 e. The van der Waals surface area contributed by atoms with Crippen molar-refractivity contribution in [1.82, 2.24) is 9.36 Å². The zero-order valence-corrected chi connectivity index (χ0v) is 12.0. The minimum absolute atomic E-state index is 0.431. The molecule has 1 aliphatic carbocycles. The van der Waals surface area contributed by atoms with Crippen molar-refractivity contribution in [2.75, 3.05) is 5.32 Å². The van der Waals surface area contributed by atoms with Crippen LogP contribution in [0.15, 0.2) is 30.3 Å². The third-order valence-electron chi connectivity index (χ3n) is 3.46. The molecule has 0 saturated heterocycles. The van der Waals surface area contributed by atoms with Gasteiger partial charge in [-0.15, -0.1) is 0 Å². The van der Waals surface area contributed by atoms with Crippen LogP contribution in [0.2, 0.25) is 0 Å². The van der Waals surface area contributed by atoms with Gasteiger partial charge in [0.05, 0.1) is 0 Å². The molecule has 3 rings (SSSR count). The van der Waals surface area contributed by atoms with Crippen LogP contribution in [0.5, 0.6) is 0 Å². The molecular weight excluding hydrogens is 254 g/mol. The van der Waals surface area contributed by atoms with Crippen LogP contribution in [0.3, 0.4) is 0 Å². The van der Waals surface area contributed by atoms with Gasteiger partial charge in [-0.1, -0.05) is 30.3 Å². The summed E-state index contributed by atoms with van der Waals surface area (Å²) in [6.45, 7) is 2.21. The Balaban J connectivity index is 1.48. The van der Waals surface area contributed by atoms with Gasteiger partial charge in [0.15, 0.2) is 0 Å². The topological polar surface area (TPSA) is 37.8 Å². The van der Waals surface area contributed by atoms with Crippen molar-refractivity contribution in [3.05, 3.63) is 41.7 Å². The Morgan fingerprint density at radius 1 is 1.32 bits per heavy atom. The molecule has 1 heterocycles. The van der Waals surface area contributed by atoms with E-state index in [0.29, 0.717) is 12.0 Å². The quantitative estimate of drug-likeness (QED) is 0.868.